The summed E-state index contributed by atoms with van der Waals surface area (Å²) in [5, 5.41) is 9.45. The van der Waals surface area contributed by atoms with E-state index in [0.29, 0.717) is 22.2 Å². The Labute approximate surface area is 149 Å². The molecule has 0 N–H and O–H groups in total. The van der Waals surface area contributed by atoms with Gasteiger partial charge in [-0.1, -0.05) is 36.4 Å². The molecule has 5 nitrogen and oxygen atoms in total. The third-order valence-electron chi connectivity index (χ3n) is 4.49. The lowest BCUT2D eigenvalue weighted by Crippen LogP contribution is -2.26. The number of rotatable bonds is 3. The van der Waals surface area contributed by atoms with Gasteiger partial charge in [-0.2, -0.15) is 10.2 Å². The molecule has 0 amide bonds. The van der Waals surface area contributed by atoms with E-state index < -0.39 is 0 Å². The molecule has 0 aliphatic carbocycles. The van der Waals surface area contributed by atoms with Gasteiger partial charge in [0.2, 0.25) is 0 Å². The maximum absolute atomic E-state index is 14.0. The van der Waals surface area contributed by atoms with Gasteiger partial charge >= 0.3 is 0 Å². The van der Waals surface area contributed by atoms with Gasteiger partial charge in [0.25, 0.3) is 5.56 Å². The monoisotopic (exact) mass is 348 g/mol. The van der Waals surface area contributed by atoms with Crippen LogP contribution in [0.1, 0.15) is 16.8 Å². The molecule has 0 radical (unpaired) electrons. The van der Waals surface area contributed by atoms with Crippen LogP contribution in [0, 0.1) is 19.7 Å². The fraction of sp³-hybridized carbons (Fsp3) is 0.150. The molecule has 2 heterocycles. The first-order valence-corrected chi connectivity index (χ1v) is 8.31. The zero-order valence-electron chi connectivity index (χ0n) is 14.5. The average Bonchev–Trinajstić information content (AvgIpc) is 3.07. The quantitative estimate of drug-likeness (QED) is 0.570. The fourth-order valence-electron chi connectivity index (χ4n) is 3.10. The summed E-state index contributed by atoms with van der Waals surface area (Å²) in [6.45, 7) is 3.86. The molecule has 0 spiro atoms. The Morgan fingerprint density at radius 1 is 1.04 bits per heavy atom. The summed E-state index contributed by atoms with van der Waals surface area (Å²) in [5.41, 5.74) is 3.09. The van der Waals surface area contributed by atoms with E-state index in [-0.39, 0.29) is 17.9 Å². The number of halogens is 1. The summed E-state index contributed by atoms with van der Waals surface area (Å²) < 4.78 is 16.9. The second kappa shape index (κ2) is 6.22. The molecular formula is C20H17FN4O. The molecule has 26 heavy (non-hydrogen) atoms. The molecule has 6 heteroatoms. The molecule has 0 aliphatic heterocycles. The van der Waals surface area contributed by atoms with E-state index in [4.69, 9.17) is 0 Å². The Kier molecular flexibility index (Phi) is 3.88. The van der Waals surface area contributed by atoms with Gasteiger partial charge in [0.15, 0.2) is 0 Å². The second-order valence-corrected chi connectivity index (χ2v) is 6.24. The lowest BCUT2D eigenvalue weighted by molar-refractivity contribution is 0.571. The maximum Gasteiger partial charge on any atom is 0.293 e. The summed E-state index contributed by atoms with van der Waals surface area (Å²) in [6, 6.07) is 14.1. The highest BCUT2D eigenvalue weighted by Gasteiger charge is 2.16. The van der Waals surface area contributed by atoms with Crippen LogP contribution >= 0.6 is 0 Å². The number of fused-ring (bicyclic) bond motifs is 1. The van der Waals surface area contributed by atoms with Gasteiger partial charge in [-0.25, -0.2) is 13.8 Å². The molecular weight excluding hydrogens is 331 g/mol. The first-order chi connectivity index (χ1) is 12.6. The van der Waals surface area contributed by atoms with E-state index in [0.717, 1.165) is 11.3 Å². The van der Waals surface area contributed by atoms with Crippen molar-refractivity contribution in [1.29, 1.82) is 0 Å². The van der Waals surface area contributed by atoms with E-state index in [2.05, 4.69) is 10.2 Å². The largest absolute Gasteiger partial charge is 0.293 e. The van der Waals surface area contributed by atoms with Gasteiger partial charge in [-0.15, -0.1) is 0 Å². The van der Waals surface area contributed by atoms with Crippen LogP contribution in [0.3, 0.4) is 0 Å². The Hall–Kier alpha value is -3.28. The van der Waals surface area contributed by atoms with Gasteiger partial charge in [-0.05, 0) is 31.5 Å². The van der Waals surface area contributed by atoms with Crippen LogP contribution in [0.5, 0.6) is 0 Å². The van der Waals surface area contributed by atoms with E-state index in [9.17, 15) is 9.18 Å². The number of benzene rings is 2. The molecule has 0 saturated heterocycles. The molecule has 0 fully saturated rings. The normalized spacial score (nSPS) is 11.2. The molecule has 2 aromatic heterocycles. The van der Waals surface area contributed by atoms with E-state index in [1.165, 1.54) is 10.7 Å². The first kappa shape index (κ1) is 16.2. The van der Waals surface area contributed by atoms with Crippen molar-refractivity contribution in [3.05, 3.63) is 87.7 Å². The molecule has 0 atom stereocenters. The van der Waals surface area contributed by atoms with Gasteiger partial charge < -0.3 is 0 Å². The molecule has 0 aliphatic rings. The van der Waals surface area contributed by atoms with Crippen molar-refractivity contribution in [3.63, 3.8) is 0 Å². The third kappa shape index (κ3) is 2.60. The first-order valence-electron chi connectivity index (χ1n) is 8.31. The predicted molar refractivity (Wildman–Crippen MR) is 98.1 cm³/mol. The SMILES string of the molecule is Cc1ccccc1-n1ncc2c(C)nn(Cc3ccccc3F)c(=O)c21. The van der Waals surface area contributed by atoms with Crippen molar-refractivity contribution < 1.29 is 4.39 Å². The van der Waals surface area contributed by atoms with Crippen molar-refractivity contribution >= 4 is 10.9 Å². The summed E-state index contributed by atoms with van der Waals surface area (Å²) in [6.07, 6.45) is 1.65. The second-order valence-electron chi connectivity index (χ2n) is 6.24. The highest BCUT2D eigenvalue weighted by molar-refractivity contribution is 5.81. The zero-order chi connectivity index (χ0) is 18.3. The molecule has 4 rings (SSSR count). The zero-order valence-corrected chi connectivity index (χ0v) is 14.5. The maximum atomic E-state index is 14.0. The van der Waals surface area contributed by atoms with Crippen LogP contribution in [0.4, 0.5) is 4.39 Å². The summed E-state index contributed by atoms with van der Waals surface area (Å²) in [7, 11) is 0. The molecule has 4 aromatic rings. The van der Waals surface area contributed by atoms with Crippen LogP contribution in [0.25, 0.3) is 16.6 Å². The van der Waals surface area contributed by atoms with Crippen molar-refractivity contribution in [2.24, 2.45) is 0 Å². The topological polar surface area (TPSA) is 52.7 Å². The molecule has 130 valence electrons. The minimum Gasteiger partial charge on any atom is -0.265 e. The Morgan fingerprint density at radius 2 is 1.77 bits per heavy atom. The average molecular weight is 348 g/mol. The van der Waals surface area contributed by atoms with Gasteiger partial charge in [0.1, 0.15) is 11.3 Å². The molecule has 0 saturated carbocycles. The van der Waals surface area contributed by atoms with E-state index in [1.54, 1.807) is 29.1 Å². The Balaban J connectivity index is 1.94. The molecule has 0 unspecified atom stereocenters. The van der Waals surface area contributed by atoms with Crippen LogP contribution in [0.15, 0.2) is 59.5 Å². The van der Waals surface area contributed by atoms with Crippen LogP contribution in [-0.2, 0) is 6.54 Å². The van der Waals surface area contributed by atoms with Crippen molar-refractivity contribution in [1.82, 2.24) is 19.6 Å². The third-order valence-corrected chi connectivity index (χ3v) is 4.49. The minimum absolute atomic E-state index is 0.0707. The van der Waals surface area contributed by atoms with Crippen LogP contribution in [0.2, 0.25) is 0 Å². The smallest absolute Gasteiger partial charge is 0.265 e. The Morgan fingerprint density at radius 3 is 2.54 bits per heavy atom. The fourth-order valence-corrected chi connectivity index (χ4v) is 3.10. The predicted octanol–water partition coefficient (Wildman–Crippen LogP) is 3.39. The lowest BCUT2D eigenvalue weighted by Gasteiger charge is -2.10. The highest BCUT2D eigenvalue weighted by atomic mass is 19.1. The highest BCUT2D eigenvalue weighted by Crippen LogP contribution is 2.20. The van der Waals surface area contributed by atoms with Crippen LogP contribution in [-0.4, -0.2) is 19.6 Å². The number of hydrogen-bond acceptors (Lipinski definition) is 3. The van der Waals surface area contributed by atoms with E-state index in [1.807, 2.05) is 38.1 Å². The summed E-state index contributed by atoms with van der Waals surface area (Å²) in [4.78, 5) is 13.1. The molecule has 2 aromatic carbocycles. The van der Waals surface area contributed by atoms with Gasteiger partial charge in [-0.3, -0.25) is 4.79 Å². The van der Waals surface area contributed by atoms with E-state index >= 15 is 0 Å². The number of hydrogen-bond donors (Lipinski definition) is 0. The number of nitrogens with zero attached hydrogens (tertiary/aromatic N) is 4. The van der Waals surface area contributed by atoms with Crippen LogP contribution < -0.4 is 5.56 Å². The van der Waals surface area contributed by atoms with Gasteiger partial charge in [0.05, 0.1) is 24.1 Å². The number of para-hydroxylation sites is 1. The summed E-state index contributed by atoms with van der Waals surface area (Å²) in [5.74, 6) is -0.355. The van der Waals surface area contributed by atoms with Crippen molar-refractivity contribution in [2.75, 3.05) is 0 Å². The van der Waals surface area contributed by atoms with Crippen molar-refractivity contribution in [2.45, 2.75) is 20.4 Å². The summed E-state index contributed by atoms with van der Waals surface area (Å²) >= 11 is 0. The minimum atomic E-state index is -0.355. The standard InChI is InChI=1S/C20H17FN4O/c1-13-7-3-6-10-18(13)25-19-16(11-22-25)14(2)23-24(20(19)26)12-15-8-4-5-9-17(15)21/h3-11H,12H2,1-2H3. The van der Waals surface area contributed by atoms with Gasteiger partial charge in [0, 0.05) is 10.9 Å². The number of aryl methyl sites for hydroxylation is 2. The number of aromatic nitrogens is 4. The molecule has 0 bridgehead atoms. The van der Waals surface area contributed by atoms with Crippen molar-refractivity contribution in [3.8, 4) is 5.69 Å². The Bertz CT molecular complexity index is 1180. The lowest BCUT2D eigenvalue weighted by atomic mass is 10.2.